The molecule has 5 heteroatoms. The van der Waals surface area contributed by atoms with E-state index in [0.29, 0.717) is 11.8 Å². The molecule has 31 heavy (non-hydrogen) atoms. The van der Waals surface area contributed by atoms with Crippen LogP contribution in [0.1, 0.15) is 63.5 Å². The SMILES string of the molecule is COC12CC[C@]3(C[C@@H]1C(C)(C)O)[C@H]1Cc4ccc(O)c5c4[C@@]3(CCN1CC1CC1)[C@H]2O5. The molecule has 4 bridgehead atoms. The van der Waals surface area contributed by atoms with Crippen LogP contribution in [0.25, 0.3) is 0 Å². The third-order valence-electron chi connectivity index (χ3n) is 10.5. The maximum absolute atomic E-state index is 11.4. The summed E-state index contributed by atoms with van der Waals surface area (Å²) < 4.78 is 13.2. The Morgan fingerprint density at radius 2 is 2.03 bits per heavy atom. The number of piperidine rings is 1. The Kier molecular flexibility index (Phi) is 3.47. The van der Waals surface area contributed by atoms with Gasteiger partial charge in [0.2, 0.25) is 0 Å². The second kappa shape index (κ2) is 5.60. The first-order valence-electron chi connectivity index (χ1n) is 12.3. The highest BCUT2D eigenvalue weighted by Crippen LogP contribution is 2.77. The Balaban J connectivity index is 1.49. The van der Waals surface area contributed by atoms with Crippen LogP contribution in [0.3, 0.4) is 0 Å². The lowest BCUT2D eigenvalue weighted by molar-refractivity contribution is -0.300. The smallest absolute Gasteiger partial charge is 0.165 e. The number of hydrogen-bond donors (Lipinski definition) is 2. The average molecular weight is 426 g/mol. The Hall–Kier alpha value is -1.30. The van der Waals surface area contributed by atoms with Crippen molar-refractivity contribution in [3.63, 3.8) is 0 Å². The van der Waals surface area contributed by atoms with Crippen molar-refractivity contribution in [3.8, 4) is 11.5 Å². The average Bonchev–Trinajstić information content (AvgIpc) is 3.47. The Labute approximate surface area is 184 Å². The largest absolute Gasteiger partial charge is 0.504 e. The number of rotatable bonds is 4. The number of ether oxygens (including phenoxy) is 2. The zero-order valence-corrected chi connectivity index (χ0v) is 19.0. The van der Waals surface area contributed by atoms with Crippen molar-refractivity contribution in [2.75, 3.05) is 20.2 Å². The summed E-state index contributed by atoms with van der Waals surface area (Å²) in [5.74, 6) is 1.86. The topological polar surface area (TPSA) is 62.2 Å². The quantitative estimate of drug-likeness (QED) is 0.774. The monoisotopic (exact) mass is 425 g/mol. The summed E-state index contributed by atoms with van der Waals surface area (Å²) >= 11 is 0. The molecule has 8 rings (SSSR count). The second-order valence-corrected chi connectivity index (χ2v) is 12.1. The molecule has 2 aliphatic heterocycles. The van der Waals surface area contributed by atoms with E-state index in [9.17, 15) is 10.2 Å². The maximum atomic E-state index is 11.4. The molecular weight excluding hydrogens is 390 g/mol. The van der Waals surface area contributed by atoms with Crippen LogP contribution >= 0.6 is 0 Å². The number of hydrogen-bond acceptors (Lipinski definition) is 5. The lowest BCUT2D eigenvalue weighted by Crippen LogP contribution is -2.82. The van der Waals surface area contributed by atoms with Gasteiger partial charge in [0.1, 0.15) is 11.7 Å². The number of nitrogens with zero attached hydrogens (tertiary/aromatic N) is 1. The van der Waals surface area contributed by atoms with Crippen LogP contribution in [0.2, 0.25) is 0 Å². The fourth-order valence-electron chi connectivity index (χ4n) is 9.23. The second-order valence-electron chi connectivity index (χ2n) is 12.1. The molecule has 2 spiro atoms. The van der Waals surface area contributed by atoms with Gasteiger partial charge in [-0.2, -0.15) is 0 Å². The molecule has 168 valence electrons. The molecule has 1 unspecified atom stereocenters. The van der Waals surface area contributed by atoms with Crippen LogP contribution in [-0.4, -0.2) is 58.7 Å². The van der Waals surface area contributed by atoms with E-state index in [0.717, 1.165) is 44.6 Å². The highest BCUT2D eigenvalue weighted by Gasteiger charge is 2.81. The summed E-state index contributed by atoms with van der Waals surface area (Å²) in [5, 5.41) is 22.2. The number of aromatic hydroxyl groups is 1. The normalized spacial score (nSPS) is 44.8. The minimum Gasteiger partial charge on any atom is -0.504 e. The lowest BCUT2D eigenvalue weighted by Gasteiger charge is -2.75. The molecular formula is C26H35NO4. The number of likely N-dealkylation sites (tertiary alicyclic amines) is 1. The van der Waals surface area contributed by atoms with Crippen molar-refractivity contribution in [1.29, 1.82) is 0 Å². The van der Waals surface area contributed by atoms with E-state index in [4.69, 9.17) is 9.47 Å². The zero-order valence-electron chi connectivity index (χ0n) is 19.0. The Morgan fingerprint density at radius 1 is 1.23 bits per heavy atom. The number of fused-ring (bicyclic) bond motifs is 2. The molecule has 5 aliphatic carbocycles. The summed E-state index contributed by atoms with van der Waals surface area (Å²) in [6.45, 7) is 6.23. The summed E-state index contributed by atoms with van der Waals surface area (Å²) in [5.41, 5.74) is 1.24. The number of aliphatic hydroxyl groups is 1. The predicted octanol–water partition coefficient (Wildman–Crippen LogP) is 3.39. The molecule has 0 aromatic heterocycles. The molecule has 4 saturated carbocycles. The maximum Gasteiger partial charge on any atom is 0.165 e. The van der Waals surface area contributed by atoms with Crippen molar-refractivity contribution in [2.24, 2.45) is 17.3 Å². The molecule has 1 aromatic rings. The van der Waals surface area contributed by atoms with Gasteiger partial charge in [0.25, 0.3) is 0 Å². The van der Waals surface area contributed by atoms with Crippen LogP contribution < -0.4 is 4.74 Å². The number of methoxy groups -OCH3 is 1. The van der Waals surface area contributed by atoms with E-state index < -0.39 is 11.2 Å². The van der Waals surface area contributed by atoms with Crippen molar-refractivity contribution >= 4 is 0 Å². The van der Waals surface area contributed by atoms with Crippen molar-refractivity contribution in [1.82, 2.24) is 4.90 Å². The van der Waals surface area contributed by atoms with Crippen molar-refractivity contribution in [2.45, 2.75) is 87.6 Å². The van der Waals surface area contributed by atoms with Crippen LogP contribution in [0.5, 0.6) is 11.5 Å². The summed E-state index contributed by atoms with van der Waals surface area (Å²) in [6, 6.07) is 4.46. The minimum atomic E-state index is -0.846. The minimum absolute atomic E-state index is 0.0123. The fraction of sp³-hybridized carbons (Fsp3) is 0.769. The molecule has 1 saturated heterocycles. The highest BCUT2D eigenvalue weighted by atomic mass is 16.6. The molecule has 1 aromatic carbocycles. The first-order chi connectivity index (χ1) is 14.8. The third kappa shape index (κ3) is 2.02. The van der Waals surface area contributed by atoms with Gasteiger partial charge in [0, 0.05) is 42.0 Å². The molecule has 5 nitrogen and oxygen atoms in total. The van der Waals surface area contributed by atoms with E-state index in [-0.39, 0.29) is 28.6 Å². The van der Waals surface area contributed by atoms with Gasteiger partial charge in [0.05, 0.1) is 5.60 Å². The standard InChI is InChI=1S/C26H35NO4/c1-23(2,29)18-13-24-8-9-26(18,30-3)22-25(24)10-11-27(14-15-4-5-15)19(24)12-16-6-7-17(28)21(31-22)20(16)25/h6-7,15,18-19,22,28-29H,4-5,8-14H2,1-3H3/t18-,19-,22-,24+,25+,26?/m1/s1. The molecule has 6 atom stereocenters. The summed E-state index contributed by atoms with van der Waals surface area (Å²) in [7, 11) is 1.81. The van der Waals surface area contributed by atoms with Crippen molar-refractivity contribution < 1.29 is 19.7 Å². The van der Waals surface area contributed by atoms with Gasteiger partial charge in [-0.15, -0.1) is 0 Å². The van der Waals surface area contributed by atoms with E-state index in [2.05, 4.69) is 11.0 Å². The Bertz CT molecular complexity index is 967. The molecule has 2 heterocycles. The van der Waals surface area contributed by atoms with Gasteiger partial charge < -0.3 is 19.7 Å². The van der Waals surface area contributed by atoms with Crippen molar-refractivity contribution in [3.05, 3.63) is 23.3 Å². The van der Waals surface area contributed by atoms with E-state index in [1.807, 2.05) is 27.0 Å². The first kappa shape index (κ1) is 19.2. The molecule has 0 amide bonds. The summed E-state index contributed by atoms with van der Waals surface area (Å²) in [6.07, 6.45) is 7.72. The molecule has 0 radical (unpaired) electrons. The van der Waals surface area contributed by atoms with Gasteiger partial charge >= 0.3 is 0 Å². The summed E-state index contributed by atoms with van der Waals surface area (Å²) in [4.78, 5) is 2.81. The van der Waals surface area contributed by atoms with Gasteiger partial charge in [-0.25, -0.2) is 0 Å². The van der Waals surface area contributed by atoms with Gasteiger partial charge in [-0.1, -0.05) is 6.07 Å². The van der Waals surface area contributed by atoms with E-state index in [1.165, 1.54) is 30.5 Å². The van der Waals surface area contributed by atoms with Crippen LogP contribution in [-0.2, 0) is 16.6 Å². The number of phenolic OH excluding ortho intramolecular Hbond substituents is 1. The van der Waals surface area contributed by atoms with Gasteiger partial charge in [-0.3, -0.25) is 4.90 Å². The van der Waals surface area contributed by atoms with E-state index in [1.54, 1.807) is 0 Å². The number of benzene rings is 1. The van der Waals surface area contributed by atoms with Gasteiger partial charge in [-0.05, 0) is 82.9 Å². The zero-order chi connectivity index (χ0) is 21.4. The predicted molar refractivity (Wildman–Crippen MR) is 116 cm³/mol. The van der Waals surface area contributed by atoms with Gasteiger partial charge in [0.15, 0.2) is 11.5 Å². The lowest BCUT2D eigenvalue weighted by atomic mass is 9.34. The van der Waals surface area contributed by atoms with E-state index >= 15 is 0 Å². The third-order valence-corrected chi connectivity index (χ3v) is 10.5. The van der Waals surface area contributed by atoms with Crippen LogP contribution in [0.4, 0.5) is 0 Å². The fourth-order valence-corrected chi connectivity index (χ4v) is 9.23. The Morgan fingerprint density at radius 3 is 2.74 bits per heavy atom. The molecule has 5 fully saturated rings. The molecule has 2 N–H and O–H groups in total. The first-order valence-corrected chi connectivity index (χ1v) is 12.3. The highest BCUT2D eigenvalue weighted by molar-refractivity contribution is 5.63. The number of phenols is 1. The molecule has 7 aliphatic rings. The van der Waals surface area contributed by atoms with Crippen LogP contribution in [0, 0.1) is 17.3 Å². The van der Waals surface area contributed by atoms with Crippen LogP contribution in [0.15, 0.2) is 12.1 Å².